The molecule has 0 aliphatic carbocycles. The second-order valence-corrected chi connectivity index (χ2v) is 3.84. The molecule has 2 nitrogen and oxygen atoms in total. The van der Waals surface area contributed by atoms with Gasteiger partial charge in [0.2, 0.25) is 0 Å². The number of halogens is 1. The van der Waals surface area contributed by atoms with Gasteiger partial charge in [-0.05, 0) is 24.2 Å². The van der Waals surface area contributed by atoms with Gasteiger partial charge in [0.25, 0.3) is 0 Å². The predicted octanol–water partition coefficient (Wildman–Crippen LogP) is 3.00. The van der Waals surface area contributed by atoms with Crippen molar-refractivity contribution >= 4 is 0 Å². The van der Waals surface area contributed by atoms with Crippen molar-refractivity contribution in [1.82, 2.24) is 10.3 Å². The van der Waals surface area contributed by atoms with Gasteiger partial charge >= 0.3 is 0 Å². The fourth-order valence-corrected chi connectivity index (χ4v) is 1.70. The number of rotatable bonds is 4. The molecule has 1 heterocycles. The number of pyridine rings is 1. The van der Waals surface area contributed by atoms with Crippen molar-refractivity contribution in [2.24, 2.45) is 0 Å². The maximum atomic E-state index is 13.6. The van der Waals surface area contributed by atoms with E-state index in [1.807, 2.05) is 19.1 Å². The van der Waals surface area contributed by atoms with Gasteiger partial charge in [-0.15, -0.1) is 0 Å². The van der Waals surface area contributed by atoms with Crippen molar-refractivity contribution < 1.29 is 4.39 Å². The summed E-state index contributed by atoms with van der Waals surface area (Å²) in [5.74, 6) is -0.213. The summed E-state index contributed by atoms with van der Waals surface area (Å²) in [6.07, 6.45) is 3.49. The highest BCUT2D eigenvalue weighted by molar-refractivity contribution is 5.63. The summed E-state index contributed by atoms with van der Waals surface area (Å²) in [7, 11) is 0. The molecule has 1 aromatic carbocycles. The molecule has 3 heteroatoms. The molecule has 0 aliphatic heterocycles. The molecule has 0 saturated heterocycles. The number of nitrogens with zero attached hydrogens (tertiary/aromatic N) is 1. The Hall–Kier alpha value is -1.74. The highest BCUT2D eigenvalue weighted by Crippen LogP contribution is 2.22. The van der Waals surface area contributed by atoms with E-state index in [1.54, 1.807) is 24.5 Å². The van der Waals surface area contributed by atoms with Gasteiger partial charge in [-0.3, -0.25) is 4.98 Å². The lowest BCUT2D eigenvalue weighted by Gasteiger charge is -2.06. The van der Waals surface area contributed by atoms with Gasteiger partial charge in [-0.2, -0.15) is 0 Å². The topological polar surface area (TPSA) is 24.9 Å². The highest BCUT2D eigenvalue weighted by atomic mass is 19.1. The summed E-state index contributed by atoms with van der Waals surface area (Å²) < 4.78 is 13.6. The fourth-order valence-electron chi connectivity index (χ4n) is 1.70. The van der Waals surface area contributed by atoms with Crippen LogP contribution in [0.3, 0.4) is 0 Å². The zero-order valence-electron chi connectivity index (χ0n) is 9.78. The van der Waals surface area contributed by atoms with Gasteiger partial charge < -0.3 is 5.32 Å². The molecule has 0 amide bonds. The predicted molar refractivity (Wildman–Crippen MR) is 67.0 cm³/mol. The smallest absolute Gasteiger partial charge is 0.131 e. The summed E-state index contributed by atoms with van der Waals surface area (Å²) in [5, 5.41) is 3.22. The Morgan fingerprint density at radius 1 is 1.24 bits per heavy atom. The Morgan fingerprint density at radius 2 is 2.06 bits per heavy atom. The Morgan fingerprint density at radius 3 is 2.82 bits per heavy atom. The summed E-state index contributed by atoms with van der Waals surface area (Å²) in [5.41, 5.74) is 2.48. The third-order valence-electron chi connectivity index (χ3n) is 2.56. The van der Waals surface area contributed by atoms with Crippen molar-refractivity contribution in [2.45, 2.75) is 13.5 Å². The molecule has 0 bridgehead atoms. The van der Waals surface area contributed by atoms with Crippen LogP contribution in [0.2, 0.25) is 0 Å². The van der Waals surface area contributed by atoms with Gasteiger partial charge in [0.05, 0.1) is 0 Å². The molecule has 0 radical (unpaired) electrons. The van der Waals surface area contributed by atoms with Crippen LogP contribution in [0.1, 0.15) is 12.5 Å². The molecular weight excluding hydrogens is 215 g/mol. The van der Waals surface area contributed by atoms with Crippen LogP contribution < -0.4 is 5.32 Å². The van der Waals surface area contributed by atoms with E-state index in [0.717, 1.165) is 24.2 Å². The molecule has 1 N–H and O–H groups in total. The van der Waals surface area contributed by atoms with E-state index in [4.69, 9.17) is 0 Å². The molecule has 0 atom stereocenters. The average Bonchev–Trinajstić information content (AvgIpc) is 2.37. The molecule has 0 saturated carbocycles. The first-order valence-corrected chi connectivity index (χ1v) is 5.71. The minimum Gasteiger partial charge on any atom is -0.313 e. The second-order valence-electron chi connectivity index (χ2n) is 3.84. The number of nitrogens with one attached hydrogen (secondary N) is 1. The molecule has 2 rings (SSSR count). The van der Waals surface area contributed by atoms with Crippen molar-refractivity contribution in [3.8, 4) is 11.1 Å². The first kappa shape index (κ1) is 11.7. The van der Waals surface area contributed by atoms with Crippen molar-refractivity contribution in [3.05, 3.63) is 54.1 Å². The summed E-state index contributed by atoms with van der Waals surface area (Å²) >= 11 is 0. The fraction of sp³-hybridized carbons (Fsp3) is 0.214. The molecular formula is C14H15FN2. The quantitative estimate of drug-likeness (QED) is 0.873. The Labute approximate surface area is 101 Å². The highest BCUT2D eigenvalue weighted by Gasteiger charge is 2.04. The van der Waals surface area contributed by atoms with Crippen LogP contribution in [0.15, 0.2) is 42.7 Å². The number of hydrogen-bond donors (Lipinski definition) is 1. The molecule has 88 valence electrons. The maximum absolute atomic E-state index is 13.6. The van der Waals surface area contributed by atoms with E-state index >= 15 is 0 Å². The monoisotopic (exact) mass is 230 g/mol. The minimum atomic E-state index is -0.213. The number of aromatic nitrogens is 1. The standard InChI is InChI=1S/C14H15FN2/c1-2-16-8-11-7-12(10-17-9-11)13-5-3-4-6-14(13)15/h3-7,9-10,16H,2,8H2,1H3. The lowest BCUT2D eigenvalue weighted by Crippen LogP contribution is -2.11. The van der Waals surface area contributed by atoms with Crippen LogP contribution in [0.4, 0.5) is 4.39 Å². The van der Waals surface area contributed by atoms with E-state index in [1.165, 1.54) is 6.07 Å². The Kier molecular flexibility index (Phi) is 3.83. The zero-order valence-corrected chi connectivity index (χ0v) is 9.78. The van der Waals surface area contributed by atoms with Crippen molar-refractivity contribution in [2.75, 3.05) is 6.54 Å². The van der Waals surface area contributed by atoms with Gasteiger partial charge in [-0.25, -0.2) is 4.39 Å². The van der Waals surface area contributed by atoms with Gasteiger partial charge in [0.15, 0.2) is 0 Å². The largest absolute Gasteiger partial charge is 0.313 e. The van der Waals surface area contributed by atoms with Crippen LogP contribution in [-0.4, -0.2) is 11.5 Å². The minimum absolute atomic E-state index is 0.213. The molecule has 0 unspecified atom stereocenters. The third-order valence-corrected chi connectivity index (χ3v) is 2.56. The van der Waals surface area contributed by atoms with Crippen LogP contribution in [0, 0.1) is 5.82 Å². The van der Waals surface area contributed by atoms with Crippen molar-refractivity contribution in [1.29, 1.82) is 0 Å². The molecule has 17 heavy (non-hydrogen) atoms. The Bertz CT molecular complexity index is 497. The number of benzene rings is 1. The normalized spacial score (nSPS) is 10.5. The molecule has 1 aromatic heterocycles. The van der Waals surface area contributed by atoms with Crippen LogP contribution in [0.25, 0.3) is 11.1 Å². The SMILES string of the molecule is CCNCc1cncc(-c2ccccc2F)c1. The van der Waals surface area contributed by atoms with E-state index in [9.17, 15) is 4.39 Å². The lowest BCUT2D eigenvalue weighted by molar-refractivity contribution is 0.631. The van der Waals surface area contributed by atoms with E-state index in [2.05, 4.69) is 10.3 Å². The molecule has 0 fully saturated rings. The summed E-state index contributed by atoms with van der Waals surface area (Å²) in [6.45, 7) is 3.71. The summed E-state index contributed by atoms with van der Waals surface area (Å²) in [4.78, 5) is 4.15. The zero-order chi connectivity index (χ0) is 12.1. The summed E-state index contributed by atoms with van der Waals surface area (Å²) in [6, 6.07) is 8.72. The van der Waals surface area contributed by atoms with Crippen LogP contribution >= 0.6 is 0 Å². The van der Waals surface area contributed by atoms with Crippen LogP contribution in [0.5, 0.6) is 0 Å². The van der Waals surface area contributed by atoms with Crippen molar-refractivity contribution in [3.63, 3.8) is 0 Å². The number of hydrogen-bond acceptors (Lipinski definition) is 2. The first-order chi connectivity index (χ1) is 8.31. The van der Waals surface area contributed by atoms with Gasteiger partial charge in [0.1, 0.15) is 5.82 Å². The Balaban J connectivity index is 2.30. The maximum Gasteiger partial charge on any atom is 0.131 e. The third kappa shape index (κ3) is 2.88. The lowest BCUT2D eigenvalue weighted by atomic mass is 10.1. The first-order valence-electron chi connectivity index (χ1n) is 5.71. The average molecular weight is 230 g/mol. The van der Waals surface area contributed by atoms with E-state index in [-0.39, 0.29) is 5.82 Å². The molecule has 0 spiro atoms. The van der Waals surface area contributed by atoms with E-state index in [0.29, 0.717) is 5.56 Å². The van der Waals surface area contributed by atoms with Gasteiger partial charge in [0, 0.05) is 30.1 Å². The van der Waals surface area contributed by atoms with Crippen LogP contribution in [-0.2, 0) is 6.54 Å². The van der Waals surface area contributed by atoms with Gasteiger partial charge in [-0.1, -0.05) is 25.1 Å². The second kappa shape index (κ2) is 5.55. The molecule has 2 aromatic rings. The van der Waals surface area contributed by atoms with E-state index < -0.39 is 0 Å². The molecule has 0 aliphatic rings.